The molecule has 0 amide bonds. The molecule has 2 heterocycles. The summed E-state index contributed by atoms with van der Waals surface area (Å²) in [6, 6.07) is 42.9. The lowest BCUT2D eigenvalue weighted by Crippen LogP contribution is -2.10. The molecule has 0 fully saturated rings. The zero-order chi connectivity index (χ0) is 37.2. The van der Waals surface area contributed by atoms with Crippen molar-refractivity contribution in [2.45, 2.75) is 24.3 Å². The average Bonchev–Trinajstić information content (AvgIpc) is 3.17. The van der Waals surface area contributed by atoms with Gasteiger partial charge in [0.2, 0.25) is 29.7 Å². The lowest BCUT2D eigenvalue weighted by Gasteiger charge is -2.12. The molecule has 0 radical (unpaired) electrons. The first-order valence-corrected chi connectivity index (χ1v) is 18.4. The predicted octanol–water partition coefficient (Wildman–Crippen LogP) is 7.68. The lowest BCUT2D eigenvalue weighted by molar-refractivity contribution is 0.483. The summed E-state index contributed by atoms with van der Waals surface area (Å²) < 4.78 is 32.9. The first kappa shape index (κ1) is 35.4. The summed E-state index contributed by atoms with van der Waals surface area (Å²) in [6.45, 7) is 0.482. The highest BCUT2D eigenvalue weighted by Crippen LogP contribution is 2.22. The summed E-state index contributed by atoms with van der Waals surface area (Å²) in [5, 5.41) is 16.1. The van der Waals surface area contributed by atoms with E-state index in [9.17, 15) is 13.0 Å². The van der Waals surface area contributed by atoms with E-state index in [0.29, 0.717) is 54.7 Å². The van der Waals surface area contributed by atoms with Crippen molar-refractivity contribution in [2.24, 2.45) is 0 Å². The van der Waals surface area contributed by atoms with Gasteiger partial charge in [0, 0.05) is 35.7 Å². The SMILES string of the molecule is O=S(=O)(O)c1cccc(Nc2nc(CCc3ccc(CNc4nc(Nc5ccccc5)nc(Nc5ccccc5)n4)cc3)nc(Nc3ccccc3)n2)c1. The van der Waals surface area contributed by atoms with Gasteiger partial charge >= 0.3 is 0 Å². The van der Waals surface area contributed by atoms with Crippen molar-refractivity contribution in [2.75, 3.05) is 26.6 Å². The Morgan fingerprint density at radius 1 is 0.444 bits per heavy atom. The molecule has 270 valence electrons. The first-order valence-electron chi connectivity index (χ1n) is 16.9. The van der Waals surface area contributed by atoms with Crippen molar-refractivity contribution in [3.63, 3.8) is 0 Å². The summed E-state index contributed by atoms with van der Waals surface area (Å²) >= 11 is 0. The third-order valence-electron chi connectivity index (χ3n) is 7.91. The van der Waals surface area contributed by atoms with Crippen LogP contribution in [0.3, 0.4) is 0 Å². The second-order valence-corrected chi connectivity index (χ2v) is 13.4. The van der Waals surface area contributed by atoms with Crippen molar-refractivity contribution in [3.05, 3.63) is 156 Å². The number of rotatable bonds is 15. The van der Waals surface area contributed by atoms with Gasteiger partial charge < -0.3 is 26.6 Å². The molecule has 0 unspecified atom stereocenters. The number of benzene rings is 5. The highest BCUT2D eigenvalue weighted by atomic mass is 32.2. The van der Waals surface area contributed by atoms with Gasteiger partial charge in [-0.2, -0.15) is 38.3 Å². The molecule has 7 rings (SSSR count). The van der Waals surface area contributed by atoms with Crippen LogP contribution in [-0.2, 0) is 29.5 Å². The van der Waals surface area contributed by atoms with Gasteiger partial charge in [-0.1, -0.05) is 84.9 Å². The summed E-state index contributed by atoms with van der Waals surface area (Å²) in [5.74, 6) is 2.28. The Balaban J connectivity index is 1.03. The summed E-state index contributed by atoms with van der Waals surface area (Å²) in [5.41, 5.74) is 5.01. The third kappa shape index (κ3) is 10.1. The van der Waals surface area contributed by atoms with Gasteiger partial charge in [-0.25, -0.2) is 0 Å². The van der Waals surface area contributed by atoms with Crippen molar-refractivity contribution in [3.8, 4) is 0 Å². The summed E-state index contributed by atoms with van der Waals surface area (Å²) in [6.07, 6.45) is 1.15. The van der Waals surface area contributed by atoms with E-state index in [-0.39, 0.29) is 10.8 Å². The van der Waals surface area contributed by atoms with Gasteiger partial charge in [0.05, 0.1) is 4.90 Å². The average molecular weight is 738 g/mol. The summed E-state index contributed by atoms with van der Waals surface area (Å²) in [7, 11) is -4.38. The molecule has 5 aromatic carbocycles. The van der Waals surface area contributed by atoms with Crippen LogP contribution in [0, 0.1) is 0 Å². The van der Waals surface area contributed by atoms with E-state index < -0.39 is 10.1 Å². The maximum atomic E-state index is 11.7. The topological polar surface area (TPSA) is 192 Å². The van der Waals surface area contributed by atoms with E-state index in [0.717, 1.165) is 28.2 Å². The Morgan fingerprint density at radius 3 is 1.37 bits per heavy atom. The maximum Gasteiger partial charge on any atom is 0.294 e. The Hall–Kier alpha value is -6.97. The molecule has 54 heavy (non-hydrogen) atoms. The van der Waals surface area contributed by atoms with Crippen molar-refractivity contribution in [1.29, 1.82) is 0 Å². The van der Waals surface area contributed by atoms with Crippen LogP contribution in [0.4, 0.5) is 52.5 Å². The number of hydrogen-bond donors (Lipinski definition) is 6. The fraction of sp³-hybridized carbons (Fsp3) is 0.0769. The largest absolute Gasteiger partial charge is 0.350 e. The molecule has 6 N–H and O–H groups in total. The summed E-state index contributed by atoms with van der Waals surface area (Å²) in [4.78, 5) is 27.2. The van der Waals surface area contributed by atoms with Crippen LogP contribution in [0.1, 0.15) is 17.0 Å². The van der Waals surface area contributed by atoms with Gasteiger partial charge in [0.25, 0.3) is 10.1 Å². The van der Waals surface area contributed by atoms with E-state index in [4.69, 9.17) is 0 Å². The van der Waals surface area contributed by atoms with E-state index in [1.165, 1.54) is 18.2 Å². The van der Waals surface area contributed by atoms with Gasteiger partial charge in [0.1, 0.15) is 5.82 Å². The molecular formula is C39H35N11O3S. The van der Waals surface area contributed by atoms with Crippen LogP contribution >= 0.6 is 0 Å². The standard InChI is InChI=1S/C39H35N11O3S/c51-54(52,53)33-18-10-17-32(25-33)44-37-46-34(45-36(49-37)41-29-11-4-1-5-12-29)24-23-27-19-21-28(22-20-27)26-40-35-47-38(42-30-13-6-2-7-14-30)50-39(48-35)43-31-15-8-3-9-16-31/h1-22,25H,23-24,26H2,(H,51,52,53)(H2,41,44,45,46,49)(H3,40,42,43,47,48,50). The number of nitrogens with zero attached hydrogens (tertiary/aromatic N) is 6. The molecule has 0 aliphatic rings. The smallest absolute Gasteiger partial charge is 0.294 e. The van der Waals surface area contributed by atoms with E-state index in [1.54, 1.807) is 6.07 Å². The monoisotopic (exact) mass is 737 g/mol. The van der Waals surface area contributed by atoms with Crippen LogP contribution in [-0.4, -0.2) is 42.9 Å². The lowest BCUT2D eigenvalue weighted by atomic mass is 10.1. The van der Waals surface area contributed by atoms with Crippen LogP contribution < -0.4 is 26.6 Å². The van der Waals surface area contributed by atoms with Gasteiger partial charge in [-0.3, -0.25) is 4.55 Å². The molecule has 0 aliphatic heterocycles. The molecule has 0 atom stereocenters. The fourth-order valence-electron chi connectivity index (χ4n) is 5.29. The van der Waals surface area contributed by atoms with Crippen molar-refractivity contribution in [1.82, 2.24) is 29.9 Å². The second-order valence-electron chi connectivity index (χ2n) is 12.0. The molecule has 7 aromatic rings. The zero-order valence-corrected chi connectivity index (χ0v) is 29.6. The molecule has 2 aromatic heterocycles. The molecular weight excluding hydrogens is 703 g/mol. The van der Waals surface area contributed by atoms with Gasteiger partial charge in [-0.05, 0) is 72.1 Å². The van der Waals surface area contributed by atoms with Crippen LogP contribution in [0.25, 0.3) is 0 Å². The number of anilines is 9. The number of aryl methyl sites for hydroxylation is 2. The van der Waals surface area contributed by atoms with Crippen molar-refractivity contribution < 1.29 is 13.0 Å². The minimum absolute atomic E-state index is 0.218. The van der Waals surface area contributed by atoms with E-state index in [2.05, 4.69) is 68.6 Å². The normalized spacial score (nSPS) is 11.1. The number of hydrogen-bond acceptors (Lipinski definition) is 13. The molecule has 15 heteroatoms. The molecule has 0 saturated carbocycles. The highest BCUT2D eigenvalue weighted by molar-refractivity contribution is 7.85. The van der Waals surface area contributed by atoms with Crippen LogP contribution in [0.5, 0.6) is 0 Å². The molecule has 0 aliphatic carbocycles. The van der Waals surface area contributed by atoms with Gasteiger partial charge in [-0.15, -0.1) is 0 Å². The Bertz CT molecular complexity index is 2360. The minimum Gasteiger partial charge on any atom is -0.350 e. The predicted molar refractivity (Wildman–Crippen MR) is 210 cm³/mol. The fourth-order valence-corrected chi connectivity index (χ4v) is 5.81. The molecule has 0 spiro atoms. The molecule has 14 nitrogen and oxygen atoms in total. The van der Waals surface area contributed by atoms with Crippen LogP contribution in [0.2, 0.25) is 0 Å². The number of aromatic nitrogens is 6. The van der Waals surface area contributed by atoms with E-state index >= 15 is 0 Å². The Morgan fingerprint density at radius 2 is 0.870 bits per heavy atom. The molecule has 0 bridgehead atoms. The number of nitrogens with one attached hydrogen (secondary N) is 5. The quantitative estimate of drug-likeness (QED) is 0.0562. The Labute approximate surface area is 312 Å². The van der Waals surface area contributed by atoms with Crippen LogP contribution in [0.15, 0.2) is 144 Å². The first-order chi connectivity index (χ1) is 26.3. The van der Waals surface area contributed by atoms with Gasteiger partial charge in [0.15, 0.2) is 0 Å². The maximum absolute atomic E-state index is 11.7. The highest BCUT2D eigenvalue weighted by Gasteiger charge is 2.13. The Kier molecular flexibility index (Phi) is 10.9. The van der Waals surface area contributed by atoms with E-state index in [1.807, 2.05) is 103 Å². The third-order valence-corrected chi connectivity index (χ3v) is 8.76. The molecule has 0 saturated heterocycles. The zero-order valence-electron chi connectivity index (χ0n) is 28.8. The van der Waals surface area contributed by atoms with Crippen molar-refractivity contribution >= 4 is 62.6 Å². The minimum atomic E-state index is -4.38. The second kappa shape index (κ2) is 16.6. The number of para-hydroxylation sites is 3.